The van der Waals surface area contributed by atoms with E-state index in [4.69, 9.17) is 49.3 Å². The first-order valence-corrected chi connectivity index (χ1v) is 11.2. The number of thiocarbonyl (C=S) groups is 1. The molecule has 0 spiro atoms. The molecule has 1 aromatic heterocycles. The minimum absolute atomic E-state index is 0.102. The molecule has 7 nitrogen and oxygen atoms in total. The minimum atomic E-state index is -0.467. The minimum Gasteiger partial charge on any atom is -0.496 e. The molecule has 3 aromatic carbocycles. The summed E-state index contributed by atoms with van der Waals surface area (Å²) in [5.41, 5.74) is 3.50. The number of carbonyl (C=O) groups is 1. The largest absolute Gasteiger partial charge is 0.496 e. The Labute approximate surface area is 211 Å². The van der Waals surface area contributed by atoms with Crippen molar-refractivity contribution in [1.82, 2.24) is 10.3 Å². The monoisotopic (exact) mass is 515 g/mol. The lowest BCUT2D eigenvalue weighted by Crippen LogP contribution is -2.34. The summed E-state index contributed by atoms with van der Waals surface area (Å²) in [6.07, 6.45) is 0. The third-order valence-corrected chi connectivity index (χ3v) is 5.73. The van der Waals surface area contributed by atoms with Crippen LogP contribution >= 0.6 is 35.4 Å². The number of halogens is 2. The number of amides is 1. The number of aromatic nitrogens is 1. The Morgan fingerprint density at radius 1 is 1.06 bits per heavy atom. The van der Waals surface area contributed by atoms with Crippen LogP contribution < -0.4 is 20.1 Å². The number of rotatable bonds is 5. The maximum absolute atomic E-state index is 12.9. The second-order valence-corrected chi connectivity index (χ2v) is 8.48. The highest BCUT2D eigenvalue weighted by Gasteiger charge is 2.20. The van der Waals surface area contributed by atoms with Crippen LogP contribution in [0, 0.1) is 6.92 Å². The molecule has 0 aliphatic carbocycles. The molecular formula is C24H19Cl2N3O4S. The molecule has 10 heteroatoms. The van der Waals surface area contributed by atoms with Crippen LogP contribution in [0.25, 0.3) is 22.6 Å². The predicted molar refractivity (Wildman–Crippen MR) is 137 cm³/mol. The van der Waals surface area contributed by atoms with Crippen LogP contribution in [0.3, 0.4) is 0 Å². The molecule has 0 unspecified atom stereocenters. The fourth-order valence-corrected chi connectivity index (χ4v) is 4.09. The van der Waals surface area contributed by atoms with Gasteiger partial charge in [0.1, 0.15) is 22.6 Å². The maximum atomic E-state index is 12.9. The summed E-state index contributed by atoms with van der Waals surface area (Å²) in [4.78, 5) is 17.4. The van der Waals surface area contributed by atoms with Gasteiger partial charge in [0, 0.05) is 16.3 Å². The Bertz CT molecular complexity index is 1400. The third-order valence-electron chi connectivity index (χ3n) is 5.02. The zero-order valence-corrected chi connectivity index (χ0v) is 20.7. The summed E-state index contributed by atoms with van der Waals surface area (Å²) >= 11 is 17.7. The van der Waals surface area contributed by atoms with Crippen LogP contribution in [0.4, 0.5) is 5.69 Å². The van der Waals surface area contributed by atoms with E-state index in [0.29, 0.717) is 49.8 Å². The molecule has 174 valence electrons. The predicted octanol–water partition coefficient (Wildman–Crippen LogP) is 6.25. The lowest BCUT2D eigenvalue weighted by molar-refractivity contribution is 0.0971. The Kier molecular flexibility index (Phi) is 6.92. The molecular weight excluding hydrogens is 497 g/mol. The van der Waals surface area contributed by atoms with Crippen molar-refractivity contribution in [3.63, 3.8) is 0 Å². The Morgan fingerprint density at radius 3 is 2.44 bits per heavy atom. The van der Waals surface area contributed by atoms with Gasteiger partial charge in [0.15, 0.2) is 10.7 Å². The van der Waals surface area contributed by atoms with Crippen molar-refractivity contribution in [1.29, 1.82) is 0 Å². The molecule has 0 fully saturated rings. The fourth-order valence-electron chi connectivity index (χ4n) is 3.37. The second-order valence-electron chi connectivity index (χ2n) is 7.23. The second kappa shape index (κ2) is 9.89. The highest BCUT2D eigenvalue weighted by atomic mass is 35.5. The van der Waals surface area contributed by atoms with Crippen LogP contribution in [-0.2, 0) is 0 Å². The summed E-state index contributed by atoms with van der Waals surface area (Å²) in [6.45, 7) is 1.91. The van der Waals surface area contributed by atoms with Gasteiger partial charge in [-0.25, -0.2) is 4.98 Å². The average Bonchev–Trinajstić information content (AvgIpc) is 3.24. The van der Waals surface area contributed by atoms with Crippen LogP contribution in [0.5, 0.6) is 11.5 Å². The number of benzene rings is 3. The molecule has 2 N–H and O–H groups in total. The maximum Gasteiger partial charge on any atom is 0.264 e. The Balaban J connectivity index is 1.57. The number of aryl methyl sites for hydroxylation is 1. The van der Waals surface area contributed by atoms with E-state index in [0.717, 1.165) is 5.56 Å². The van der Waals surface area contributed by atoms with E-state index in [9.17, 15) is 4.79 Å². The Hall–Kier alpha value is -3.33. The highest BCUT2D eigenvalue weighted by molar-refractivity contribution is 7.80. The van der Waals surface area contributed by atoms with Crippen molar-refractivity contribution in [2.75, 3.05) is 19.5 Å². The smallest absolute Gasteiger partial charge is 0.264 e. The summed E-state index contributed by atoms with van der Waals surface area (Å²) in [6, 6.07) is 13.9. The first-order chi connectivity index (χ1) is 16.3. The van der Waals surface area contributed by atoms with E-state index in [1.165, 1.54) is 14.2 Å². The van der Waals surface area contributed by atoms with Crippen molar-refractivity contribution in [3.8, 4) is 23.0 Å². The molecule has 4 aromatic rings. The molecule has 0 atom stereocenters. The average molecular weight is 516 g/mol. The zero-order valence-electron chi connectivity index (χ0n) is 18.4. The van der Waals surface area contributed by atoms with Gasteiger partial charge in [-0.05, 0) is 61.1 Å². The van der Waals surface area contributed by atoms with Gasteiger partial charge in [0.2, 0.25) is 5.89 Å². The SMILES string of the molecule is COc1cccc(OC)c1C(=O)NC(=S)Nc1cc(-c2nc3cc(Cl)cc(Cl)c3o2)ccc1C. The topological polar surface area (TPSA) is 85.6 Å². The summed E-state index contributed by atoms with van der Waals surface area (Å²) < 4.78 is 16.4. The van der Waals surface area contributed by atoms with Gasteiger partial charge in [-0.2, -0.15) is 0 Å². The summed E-state index contributed by atoms with van der Waals surface area (Å²) in [5.74, 6) is 0.641. The lowest BCUT2D eigenvalue weighted by atomic mass is 10.1. The van der Waals surface area contributed by atoms with E-state index >= 15 is 0 Å². The molecule has 0 saturated heterocycles. The van der Waals surface area contributed by atoms with Gasteiger partial charge >= 0.3 is 0 Å². The molecule has 0 bridgehead atoms. The third kappa shape index (κ3) is 4.79. The van der Waals surface area contributed by atoms with Gasteiger partial charge in [-0.3, -0.25) is 10.1 Å². The van der Waals surface area contributed by atoms with Gasteiger partial charge in [0.05, 0.1) is 19.2 Å². The molecule has 4 rings (SSSR count). The molecule has 1 amide bonds. The molecule has 1 heterocycles. The lowest BCUT2D eigenvalue weighted by Gasteiger charge is -2.15. The number of hydrogen-bond acceptors (Lipinski definition) is 6. The summed E-state index contributed by atoms with van der Waals surface area (Å²) in [7, 11) is 2.95. The first kappa shape index (κ1) is 23.8. The summed E-state index contributed by atoms with van der Waals surface area (Å²) in [5, 5.41) is 6.67. The molecule has 0 radical (unpaired) electrons. The quantitative estimate of drug-likeness (QED) is 0.303. The van der Waals surface area contributed by atoms with Crippen molar-refractivity contribution in [2.24, 2.45) is 0 Å². The van der Waals surface area contributed by atoms with Gasteiger partial charge < -0.3 is 19.2 Å². The standard InChI is InChI=1S/C24H19Cl2N3O4S/c1-12-7-8-13(23-27-17-11-14(25)10-15(26)21(17)33-23)9-16(12)28-24(34)29-22(30)20-18(31-2)5-4-6-19(20)32-3/h4-11H,1-3H3,(H2,28,29,30,34). The van der Waals surface area contributed by atoms with Crippen LogP contribution in [0.1, 0.15) is 15.9 Å². The molecule has 0 aliphatic rings. The molecule has 0 saturated carbocycles. The molecule has 0 aliphatic heterocycles. The van der Waals surface area contributed by atoms with Crippen LogP contribution in [0.2, 0.25) is 10.0 Å². The normalized spacial score (nSPS) is 10.7. The fraction of sp³-hybridized carbons (Fsp3) is 0.125. The zero-order chi connectivity index (χ0) is 24.4. The number of nitrogens with one attached hydrogen (secondary N) is 2. The van der Waals surface area contributed by atoms with E-state index in [1.807, 2.05) is 25.1 Å². The number of anilines is 1. The van der Waals surface area contributed by atoms with Crippen molar-refractivity contribution >= 4 is 63.2 Å². The van der Waals surface area contributed by atoms with Gasteiger partial charge in [-0.1, -0.05) is 35.3 Å². The van der Waals surface area contributed by atoms with Crippen molar-refractivity contribution < 1.29 is 18.7 Å². The van der Waals surface area contributed by atoms with Gasteiger partial charge in [-0.15, -0.1) is 0 Å². The van der Waals surface area contributed by atoms with Gasteiger partial charge in [0.25, 0.3) is 5.91 Å². The molecule has 34 heavy (non-hydrogen) atoms. The highest BCUT2D eigenvalue weighted by Crippen LogP contribution is 2.33. The first-order valence-electron chi connectivity index (χ1n) is 10.0. The number of oxazole rings is 1. The number of nitrogens with zero attached hydrogens (tertiary/aromatic N) is 1. The van der Waals surface area contributed by atoms with Crippen LogP contribution in [0.15, 0.2) is 52.9 Å². The number of hydrogen-bond donors (Lipinski definition) is 2. The Morgan fingerprint density at radius 2 is 1.76 bits per heavy atom. The number of carbonyl (C=O) groups excluding carboxylic acids is 1. The van der Waals surface area contributed by atoms with E-state index in [1.54, 1.807) is 30.3 Å². The van der Waals surface area contributed by atoms with E-state index in [-0.39, 0.29) is 10.7 Å². The van der Waals surface area contributed by atoms with Crippen molar-refractivity contribution in [3.05, 3.63) is 69.7 Å². The van der Waals surface area contributed by atoms with E-state index < -0.39 is 5.91 Å². The number of methoxy groups -OCH3 is 2. The van der Waals surface area contributed by atoms with Crippen LogP contribution in [-0.4, -0.2) is 30.2 Å². The van der Waals surface area contributed by atoms with Crippen molar-refractivity contribution in [2.45, 2.75) is 6.92 Å². The number of ether oxygens (including phenoxy) is 2. The van der Waals surface area contributed by atoms with E-state index in [2.05, 4.69) is 15.6 Å². The number of fused-ring (bicyclic) bond motifs is 1.